The molecule has 0 radical (unpaired) electrons. The topological polar surface area (TPSA) is 24.5 Å². The molecule has 1 aromatic rings. The van der Waals surface area contributed by atoms with Gasteiger partial charge in [-0.3, -0.25) is 4.90 Å². The Kier molecular flexibility index (Phi) is 6.83. The van der Waals surface area contributed by atoms with Crippen LogP contribution in [0.25, 0.3) is 0 Å². The molecule has 0 amide bonds. The average molecular weight is 341 g/mol. The number of likely N-dealkylation sites (tertiary alicyclic amines) is 1. The highest BCUT2D eigenvalue weighted by Gasteiger charge is 2.18. The maximum Gasteiger partial charge on any atom is 0.119 e. The van der Waals surface area contributed by atoms with E-state index in [2.05, 4.69) is 33.1 Å². The highest BCUT2D eigenvalue weighted by atomic mass is 79.9. The molecule has 1 aromatic carbocycles. The lowest BCUT2D eigenvalue weighted by Gasteiger charge is -2.31. The van der Waals surface area contributed by atoms with Gasteiger partial charge in [0.2, 0.25) is 0 Å². The summed E-state index contributed by atoms with van der Waals surface area (Å²) in [6.45, 7) is 8.67. The van der Waals surface area contributed by atoms with Gasteiger partial charge in [-0.1, -0.05) is 22.9 Å². The minimum absolute atomic E-state index is 0.777. The molecule has 1 aliphatic heterocycles. The van der Waals surface area contributed by atoms with Gasteiger partial charge >= 0.3 is 0 Å². The van der Waals surface area contributed by atoms with Crippen LogP contribution in [-0.2, 0) is 0 Å². The molecule has 1 saturated heterocycles. The van der Waals surface area contributed by atoms with Crippen LogP contribution < -0.4 is 10.1 Å². The second kappa shape index (κ2) is 8.65. The molecule has 0 aliphatic carbocycles. The van der Waals surface area contributed by atoms with Crippen LogP contribution in [0.1, 0.15) is 19.8 Å². The van der Waals surface area contributed by atoms with E-state index in [1.807, 2.05) is 24.3 Å². The maximum atomic E-state index is 5.78. The number of benzene rings is 1. The van der Waals surface area contributed by atoms with Crippen molar-refractivity contribution in [3.8, 4) is 5.75 Å². The van der Waals surface area contributed by atoms with E-state index in [-0.39, 0.29) is 0 Å². The molecule has 0 bridgehead atoms. The Bertz CT molecular complexity index is 375. The smallest absolute Gasteiger partial charge is 0.119 e. The van der Waals surface area contributed by atoms with Crippen molar-refractivity contribution in [3.05, 3.63) is 28.7 Å². The molecule has 0 unspecified atom stereocenters. The molecular formula is C16H25BrN2O. The van der Waals surface area contributed by atoms with Gasteiger partial charge in [0.05, 0.1) is 0 Å². The van der Waals surface area contributed by atoms with Gasteiger partial charge < -0.3 is 10.1 Å². The SMILES string of the molecule is CCNCC1CCN(CCOc2ccc(Br)cc2)CC1. The average Bonchev–Trinajstić information content (AvgIpc) is 2.48. The molecule has 4 heteroatoms. The lowest BCUT2D eigenvalue weighted by atomic mass is 9.97. The second-order valence-electron chi connectivity index (χ2n) is 5.40. The van der Waals surface area contributed by atoms with Crippen molar-refractivity contribution >= 4 is 15.9 Å². The number of hydrogen-bond acceptors (Lipinski definition) is 3. The van der Waals surface area contributed by atoms with Crippen LogP contribution in [0.3, 0.4) is 0 Å². The Morgan fingerprint density at radius 2 is 1.95 bits per heavy atom. The molecule has 0 atom stereocenters. The van der Waals surface area contributed by atoms with Gasteiger partial charge in [-0.15, -0.1) is 0 Å². The number of hydrogen-bond donors (Lipinski definition) is 1. The fraction of sp³-hybridized carbons (Fsp3) is 0.625. The Hall–Kier alpha value is -0.580. The van der Waals surface area contributed by atoms with E-state index >= 15 is 0 Å². The first-order valence-corrected chi connectivity index (χ1v) is 8.38. The molecule has 112 valence electrons. The number of ether oxygens (including phenoxy) is 1. The Morgan fingerprint density at radius 1 is 1.25 bits per heavy atom. The highest BCUT2D eigenvalue weighted by molar-refractivity contribution is 9.10. The normalized spacial score (nSPS) is 17.3. The van der Waals surface area contributed by atoms with Gasteiger partial charge in [0.25, 0.3) is 0 Å². The number of piperidine rings is 1. The molecule has 1 aliphatic rings. The second-order valence-corrected chi connectivity index (χ2v) is 6.31. The fourth-order valence-electron chi connectivity index (χ4n) is 2.59. The van der Waals surface area contributed by atoms with Crippen molar-refractivity contribution < 1.29 is 4.74 Å². The first-order chi connectivity index (χ1) is 9.78. The van der Waals surface area contributed by atoms with E-state index < -0.39 is 0 Å². The summed E-state index contributed by atoms with van der Waals surface area (Å²) in [4.78, 5) is 2.52. The third-order valence-corrected chi connectivity index (χ3v) is 4.41. The first kappa shape index (κ1) is 15.8. The monoisotopic (exact) mass is 340 g/mol. The van der Waals surface area contributed by atoms with Crippen molar-refractivity contribution in [1.29, 1.82) is 0 Å². The number of halogens is 1. The maximum absolute atomic E-state index is 5.78. The fourth-order valence-corrected chi connectivity index (χ4v) is 2.85. The lowest BCUT2D eigenvalue weighted by molar-refractivity contribution is 0.154. The van der Waals surface area contributed by atoms with E-state index in [4.69, 9.17) is 4.74 Å². The zero-order chi connectivity index (χ0) is 14.2. The van der Waals surface area contributed by atoms with Crippen molar-refractivity contribution in [3.63, 3.8) is 0 Å². The predicted octanol–water partition coefficient (Wildman–Crippen LogP) is 3.15. The van der Waals surface area contributed by atoms with Crippen LogP contribution in [0.2, 0.25) is 0 Å². The van der Waals surface area contributed by atoms with Gasteiger partial charge in [-0.25, -0.2) is 0 Å². The van der Waals surface area contributed by atoms with Gasteiger partial charge in [0.1, 0.15) is 12.4 Å². The van der Waals surface area contributed by atoms with E-state index in [0.29, 0.717) is 0 Å². The minimum atomic E-state index is 0.777. The standard InChI is InChI=1S/C16H25BrN2O/c1-2-18-13-14-7-9-19(10-8-14)11-12-20-16-5-3-15(17)4-6-16/h3-6,14,18H,2,7-13H2,1H3. The molecule has 3 nitrogen and oxygen atoms in total. The summed E-state index contributed by atoms with van der Waals surface area (Å²) < 4.78 is 6.87. The van der Waals surface area contributed by atoms with Gasteiger partial charge in [-0.05, 0) is 69.2 Å². The number of nitrogens with zero attached hydrogens (tertiary/aromatic N) is 1. The van der Waals surface area contributed by atoms with Crippen molar-refractivity contribution in [2.24, 2.45) is 5.92 Å². The number of nitrogens with one attached hydrogen (secondary N) is 1. The van der Waals surface area contributed by atoms with Crippen LogP contribution >= 0.6 is 15.9 Å². The predicted molar refractivity (Wildman–Crippen MR) is 87.3 cm³/mol. The molecule has 0 spiro atoms. The van der Waals surface area contributed by atoms with Crippen LogP contribution in [0.5, 0.6) is 5.75 Å². The molecular weight excluding hydrogens is 316 g/mol. The summed E-state index contributed by atoms with van der Waals surface area (Å²) in [6.07, 6.45) is 2.62. The van der Waals surface area contributed by atoms with Crippen molar-refractivity contribution in [2.75, 3.05) is 39.3 Å². The van der Waals surface area contributed by atoms with E-state index in [1.165, 1.54) is 32.5 Å². The molecule has 0 saturated carbocycles. The van der Waals surface area contributed by atoms with Crippen molar-refractivity contribution in [1.82, 2.24) is 10.2 Å². The van der Waals surface area contributed by atoms with Crippen LogP contribution in [0, 0.1) is 5.92 Å². The first-order valence-electron chi connectivity index (χ1n) is 7.59. The Labute approximate surface area is 130 Å². The summed E-state index contributed by atoms with van der Waals surface area (Å²) >= 11 is 3.43. The Balaban J connectivity index is 1.60. The summed E-state index contributed by atoms with van der Waals surface area (Å²) in [6, 6.07) is 8.04. The van der Waals surface area contributed by atoms with Gasteiger partial charge in [0.15, 0.2) is 0 Å². The van der Waals surface area contributed by atoms with E-state index in [9.17, 15) is 0 Å². The van der Waals surface area contributed by atoms with Gasteiger partial charge in [0, 0.05) is 11.0 Å². The highest BCUT2D eigenvalue weighted by Crippen LogP contribution is 2.18. The summed E-state index contributed by atoms with van der Waals surface area (Å²) in [5, 5.41) is 3.45. The molecule has 2 rings (SSSR count). The molecule has 1 heterocycles. The van der Waals surface area contributed by atoms with Crippen LogP contribution in [-0.4, -0.2) is 44.2 Å². The Morgan fingerprint density at radius 3 is 2.60 bits per heavy atom. The summed E-state index contributed by atoms with van der Waals surface area (Å²) in [5.41, 5.74) is 0. The van der Waals surface area contributed by atoms with Crippen molar-refractivity contribution in [2.45, 2.75) is 19.8 Å². The summed E-state index contributed by atoms with van der Waals surface area (Å²) in [7, 11) is 0. The van der Waals surface area contributed by atoms with Gasteiger partial charge in [-0.2, -0.15) is 0 Å². The molecule has 20 heavy (non-hydrogen) atoms. The van der Waals surface area contributed by atoms with E-state index in [0.717, 1.165) is 35.8 Å². The third-order valence-electron chi connectivity index (χ3n) is 3.88. The largest absolute Gasteiger partial charge is 0.492 e. The number of rotatable bonds is 7. The van der Waals surface area contributed by atoms with E-state index in [1.54, 1.807) is 0 Å². The molecule has 1 N–H and O–H groups in total. The van der Waals surface area contributed by atoms with Crippen LogP contribution in [0.15, 0.2) is 28.7 Å². The quantitative estimate of drug-likeness (QED) is 0.825. The van der Waals surface area contributed by atoms with Crippen LogP contribution in [0.4, 0.5) is 0 Å². The molecule has 0 aromatic heterocycles. The lowest BCUT2D eigenvalue weighted by Crippen LogP contribution is -2.39. The summed E-state index contributed by atoms with van der Waals surface area (Å²) in [5.74, 6) is 1.81. The molecule has 1 fully saturated rings. The zero-order valence-electron chi connectivity index (χ0n) is 12.3. The third kappa shape index (κ3) is 5.43. The minimum Gasteiger partial charge on any atom is -0.492 e. The zero-order valence-corrected chi connectivity index (χ0v) is 13.9.